The molecule has 0 aromatic rings. The van der Waals surface area contributed by atoms with E-state index in [1.165, 1.54) is 32.2 Å². The van der Waals surface area contributed by atoms with Gasteiger partial charge in [-0.3, -0.25) is 4.90 Å². The molecular weight excluding hydrogens is 208 g/mol. The van der Waals surface area contributed by atoms with Crippen LogP contribution in [0.4, 0.5) is 0 Å². The van der Waals surface area contributed by atoms with Crippen LogP contribution in [-0.4, -0.2) is 36.6 Å². The van der Waals surface area contributed by atoms with Gasteiger partial charge in [-0.1, -0.05) is 19.8 Å². The minimum Gasteiger partial charge on any atom is -0.315 e. The summed E-state index contributed by atoms with van der Waals surface area (Å²) in [6.07, 6.45) is 10.8. The molecule has 0 bridgehead atoms. The standard InChI is InChI=1S/C15H28N2/c1-5-11-17(12-15-8-9-15)14(4)7-6-10-16-13(2)3/h1,13-16H,6-12H2,2-4H3. The molecule has 0 spiro atoms. The van der Waals surface area contributed by atoms with Crippen LogP contribution in [0, 0.1) is 18.3 Å². The Hall–Kier alpha value is -0.520. The third-order valence-corrected chi connectivity index (χ3v) is 3.46. The van der Waals surface area contributed by atoms with Gasteiger partial charge in [-0.25, -0.2) is 0 Å². The first kappa shape index (κ1) is 14.5. The van der Waals surface area contributed by atoms with Crippen molar-refractivity contribution in [2.24, 2.45) is 5.92 Å². The smallest absolute Gasteiger partial charge is 0.0601 e. The minimum atomic E-state index is 0.596. The van der Waals surface area contributed by atoms with E-state index >= 15 is 0 Å². The number of nitrogens with zero attached hydrogens (tertiary/aromatic N) is 1. The van der Waals surface area contributed by atoms with Crippen molar-refractivity contribution in [2.45, 2.75) is 58.5 Å². The van der Waals surface area contributed by atoms with Gasteiger partial charge < -0.3 is 5.32 Å². The van der Waals surface area contributed by atoms with Crippen LogP contribution in [0.1, 0.15) is 46.5 Å². The molecule has 98 valence electrons. The van der Waals surface area contributed by atoms with Crippen LogP contribution in [-0.2, 0) is 0 Å². The molecule has 0 heterocycles. The van der Waals surface area contributed by atoms with E-state index < -0.39 is 0 Å². The van der Waals surface area contributed by atoms with Crippen LogP contribution in [0.15, 0.2) is 0 Å². The highest BCUT2D eigenvalue weighted by Gasteiger charge is 2.25. The first-order valence-corrected chi connectivity index (χ1v) is 7.04. The lowest BCUT2D eigenvalue weighted by Crippen LogP contribution is -2.36. The molecule has 1 saturated carbocycles. The number of terminal acetylenes is 1. The Morgan fingerprint density at radius 1 is 1.35 bits per heavy atom. The third-order valence-electron chi connectivity index (χ3n) is 3.46. The molecule has 0 amide bonds. The summed E-state index contributed by atoms with van der Waals surface area (Å²) in [5.41, 5.74) is 0. The highest BCUT2D eigenvalue weighted by Crippen LogP contribution is 2.30. The van der Waals surface area contributed by atoms with Crippen LogP contribution in [0.3, 0.4) is 0 Å². The highest BCUT2D eigenvalue weighted by molar-refractivity contribution is 4.91. The lowest BCUT2D eigenvalue weighted by Gasteiger charge is -2.27. The molecule has 0 aliphatic heterocycles. The quantitative estimate of drug-likeness (QED) is 0.489. The molecular formula is C15H28N2. The number of hydrogen-bond acceptors (Lipinski definition) is 2. The molecule has 17 heavy (non-hydrogen) atoms. The molecule has 2 heteroatoms. The molecule has 0 radical (unpaired) electrons. The third kappa shape index (κ3) is 6.71. The van der Waals surface area contributed by atoms with Gasteiger partial charge in [-0.05, 0) is 45.1 Å². The summed E-state index contributed by atoms with van der Waals surface area (Å²) in [6, 6.07) is 1.22. The van der Waals surface area contributed by atoms with Crippen molar-refractivity contribution < 1.29 is 0 Å². The van der Waals surface area contributed by atoms with Gasteiger partial charge in [-0.15, -0.1) is 6.42 Å². The zero-order valence-electron chi connectivity index (χ0n) is 11.7. The Bertz CT molecular complexity index is 238. The van der Waals surface area contributed by atoms with Crippen LogP contribution in [0.2, 0.25) is 0 Å². The molecule has 1 fully saturated rings. The Balaban J connectivity index is 2.17. The molecule has 1 atom stereocenters. The van der Waals surface area contributed by atoms with E-state index in [2.05, 4.69) is 36.9 Å². The lowest BCUT2D eigenvalue weighted by molar-refractivity contribution is 0.212. The van der Waals surface area contributed by atoms with Gasteiger partial charge in [0, 0.05) is 18.6 Å². The second kappa shape index (κ2) is 7.74. The number of rotatable bonds is 9. The lowest BCUT2D eigenvalue weighted by atomic mass is 10.1. The molecule has 1 aliphatic carbocycles. The maximum Gasteiger partial charge on any atom is 0.0601 e. The van der Waals surface area contributed by atoms with E-state index in [0.29, 0.717) is 12.1 Å². The zero-order chi connectivity index (χ0) is 12.7. The summed E-state index contributed by atoms with van der Waals surface area (Å²) >= 11 is 0. The van der Waals surface area contributed by atoms with Gasteiger partial charge in [0.05, 0.1) is 6.54 Å². The van der Waals surface area contributed by atoms with E-state index in [1.807, 2.05) is 0 Å². The Morgan fingerprint density at radius 3 is 2.59 bits per heavy atom. The molecule has 1 N–H and O–H groups in total. The second-order valence-corrected chi connectivity index (χ2v) is 5.68. The van der Waals surface area contributed by atoms with Gasteiger partial charge >= 0.3 is 0 Å². The molecule has 0 saturated heterocycles. The summed E-state index contributed by atoms with van der Waals surface area (Å²) in [7, 11) is 0. The van der Waals surface area contributed by atoms with Crippen molar-refractivity contribution in [2.75, 3.05) is 19.6 Å². The van der Waals surface area contributed by atoms with E-state index in [1.54, 1.807) is 0 Å². The summed E-state index contributed by atoms with van der Waals surface area (Å²) in [5.74, 6) is 3.73. The summed E-state index contributed by atoms with van der Waals surface area (Å²) in [4.78, 5) is 2.48. The highest BCUT2D eigenvalue weighted by atomic mass is 15.1. The molecule has 0 aromatic heterocycles. The van der Waals surface area contributed by atoms with Crippen LogP contribution in [0.25, 0.3) is 0 Å². The Kier molecular flexibility index (Phi) is 6.62. The topological polar surface area (TPSA) is 15.3 Å². The molecule has 1 aliphatic rings. The van der Waals surface area contributed by atoms with Crippen molar-refractivity contribution >= 4 is 0 Å². The van der Waals surface area contributed by atoms with Crippen LogP contribution in [0.5, 0.6) is 0 Å². The fourth-order valence-electron chi connectivity index (χ4n) is 2.12. The Morgan fingerprint density at radius 2 is 2.06 bits per heavy atom. The van der Waals surface area contributed by atoms with Crippen molar-refractivity contribution in [1.29, 1.82) is 0 Å². The van der Waals surface area contributed by atoms with E-state index in [0.717, 1.165) is 19.0 Å². The predicted octanol–water partition coefficient (Wildman–Crippen LogP) is 2.50. The average Bonchev–Trinajstić information content (AvgIpc) is 3.07. The van der Waals surface area contributed by atoms with Crippen LogP contribution < -0.4 is 5.32 Å². The van der Waals surface area contributed by atoms with Gasteiger partial charge in [0.2, 0.25) is 0 Å². The van der Waals surface area contributed by atoms with Gasteiger partial charge in [0.15, 0.2) is 0 Å². The molecule has 1 rings (SSSR count). The molecule has 1 unspecified atom stereocenters. The number of nitrogens with one attached hydrogen (secondary N) is 1. The fourth-order valence-corrected chi connectivity index (χ4v) is 2.12. The first-order valence-electron chi connectivity index (χ1n) is 7.04. The van der Waals surface area contributed by atoms with Crippen LogP contribution >= 0.6 is 0 Å². The van der Waals surface area contributed by atoms with Gasteiger partial charge in [0.1, 0.15) is 0 Å². The first-order chi connectivity index (χ1) is 8.13. The van der Waals surface area contributed by atoms with Crippen molar-refractivity contribution in [3.8, 4) is 12.3 Å². The predicted molar refractivity (Wildman–Crippen MR) is 75.0 cm³/mol. The monoisotopic (exact) mass is 236 g/mol. The Labute approximate surface area is 107 Å². The maximum absolute atomic E-state index is 5.45. The SMILES string of the molecule is C#CCN(CC1CC1)C(C)CCCNC(C)C. The minimum absolute atomic E-state index is 0.596. The number of hydrogen-bond donors (Lipinski definition) is 1. The summed E-state index contributed by atoms with van der Waals surface area (Å²) < 4.78 is 0. The second-order valence-electron chi connectivity index (χ2n) is 5.68. The van der Waals surface area contributed by atoms with Gasteiger partial charge in [0.25, 0.3) is 0 Å². The largest absolute Gasteiger partial charge is 0.315 e. The fraction of sp³-hybridized carbons (Fsp3) is 0.867. The summed E-state index contributed by atoms with van der Waals surface area (Å²) in [5, 5.41) is 3.47. The maximum atomic E-state index is 5.45. The van der Waals surface area contributed by atoms with E-state index in [-0.39, 0.29) is 0 Å². The van der Waals surface area contributed by atoms with Gasteiger partial charge in [-0.2, -0.15) is 0 Å². The van der Waals surface area contributed by atoms with Crippen molar-refractivity contribution in [3.63, 3.8) is 0 Å². The molecule has 2 nitrogen and oxygen atoms in total. The van der Waals surface area contributed by atoms with Crippen molar-refractivity contribution in [3.05, 3.63) is 0 Å². The zero-order valence-corrected chi connectivity index (χ0v) is 11.7. The van der Waals surface area contributed by atoms with E-state index in [4.69, 9.17) is 6.42 Å². The molecule has 0 aromatic carbocycles. The summed E-state index contributed by atoms with van der Waals surface area (Å²) in [6.45, 7) is 9.85. The average molecular weight is 236 g/mol. The van der Waals surface area contributed by atoms with Crippen molar-refractivity contribution in [1.82, 2.24) is 10.2 Å². The van der Waals surface area contributed by atoms with E-state index in [9.17, 15) is 0 Å². The normalized spacial score (nSPS) is 17.4.